The lowest BCUT2D eigenvalue weighted by Crippen LogP contribution is -2.59. The monoisotopic (exact) mass is 227 g/mol. The van der Waals surface area contributed by atoms with Gasteiger partial charge in [0, 0.05) is 31.6 Å². The third-order valence-electron chi connectivity index (χ3n) is 3.68. The van der Waals surface area contributed by atoms with Crippen LogP contribution in [0.4, 0.5) is 0 Å². The molecule has 1 rings (SSSR count). The summed E-state index contributed by atoms with van der Waals surface area (Å²) in [6.07, 6.45) is 0.871. The molecule has 0 aromatic rings. The van der Waals surface area contributed by atoms with Gasteiger partial charge >= 0.3 is 0 Å². The van der Waals surface area contributed by atoms with Crippen molar-refractivity contribution >= 4 is 5.91 Å². The number of piperazine rings is 1. The van der Waals surface area contributed by atoms with Crippen molar-refractivity contribution in [2.45, 2.75) is 33.2 Å². The zero-order chi connectivity index (χ0) is 12.3. The highest BCUT2D eigenvalue weighted by molar-refractivity contribution is 5.82. The summed E-state index contributed by atoms with van der Waals surface area (Å²) in [5.74, 6) is 0.249. The summed E-state index contributed by atoms with van der Waals surface area (Å²) in [7, 11) is 2.08. The van der Waals surface area contributed by atoms with Gasteiger partial charge in [0.1, 0.15) is 0 Å². The van der Waals surface area contributed by atoms with Gasteiger partial charge in [-0.3, -0.25) is 4.79 Å². The van der Waals surface area contributed by atoms with E-state index in [0.717, 1.165) is 26.1 Å². The van der Waals surface area contributed by atoms with Crippen molar-refractivity contribution in [1.82, 2.24) is 9.80 Å². The number of carbonyl (C=O) groups is 1. The standard InChI is InChI=1S/C12H25N3O/c1-5-12(2,3)11(16)15-7-6-14(4)9-10(15)8-13/h10H,5-9,13H2,1-4H3. The summed E-state index contributed by atoms with van der Waals surface area (Å²) < 4.78 is 0. The molecule has 16 heavy (non-hydrogen) atoms. The second-order valence-electron chi connectivity index (χ2n) is 5.39. The highest BCUT2D eigenvalue weighted by atomic mass is 16.2. The molecule has 1 heterocycles. The zero-order valence-corrected chi connectivity index (χ0v) is 11.0. The second kappa shape index (κ2) is 5.15. The van der Waals surface area contributed by atoms with E-state index in [9.17, 15) is 4.79 Å². The molecular weight excluding hydrogens is 202 g/mol. The first-order valence-electron chi connectivity index (χ1n) is 6.12. The van der Waals surface area contributed by atoms with E-state index in [2.05, 4.69) is 18.9 Å². The lowest BCUT2D eigenvalue weighted by molar-refractivity contribution is -0.145. The van der Waals surface area contributed by atoms with Gasteiger partial charge in [-0.25, -0.2) is 0 Å². The van der Waals surface area contributed by atoms with Crippen molar-refractivity contribution in [3.63, 3.8) is 0 Å². The molecule has 0 aliphatic carbocycles. The highest BCUT2D eigenvalue weighted by Gasteiger charge is 2.35. The third-order valence-corrected chi connectivity index (χ3v) is 3.68. The van der Waals surface area contributed by atoms with Crippen molar-refractivity contribution in [2.24, 2.45) is 11.1 Å². The molecule has 0 aromatic carbocycles. The van der Waals surface area contributed by atoms with Crippen LogP contribution in [0.15, 0.2) is 0 Å². The minimum Gasteiger partial charge on any atom is -0.335 e. The normalized spacial score (nSPS) is 23.6. The number of nitrogens with zero attached hydrogens (tertiary/aromatic N) is 2. The topological polar surface area (TPSA) is 49.6 Å². The molecule has 1 aliphatic heterocycles. The second-order valence-corrected chi connectivity index (χ2v) is 5.39. The molecule has 0 radical (unpaired) electrons. The minimum absolute atomic E-state index is 0.178. The molecule has 4 nitrogen and oxygen atoms in total. The van der Waals surface area contributed by atoms with Gasteiger partial charge in [0.15, 0.2) is 0 Å². The third kappa shape index (κ3) is 2.74. The number of carbonyl (C=O) groups excluding carboxylic acids is 1. The SMILES string of the molecule is CCC(C)(C)C(=O)N1CCN(C)CC1CN. The first-order chi connectivity index (χ1) is 7.42. The van der Waals surface area contributed by atoms with Crippen LogP contribution in [0.25, 0.3) is 0 Å². The van der Waals surface area contributed by atoms with Gasteiger partial charge in [-0.1, -0.05) is 20.8 Å². The number of hydrogen-bond donors (Lipinski definition) is 1. The van der Waals surface area contributed by atoms with Crippen LogP contribution in [0.5, 0.6) is 0 Å². The van der Waals surface area contributed by atoms with Gasteiger partial charge in [-0.2, -0.15) is 0 Å². The molecule has 1 amide bonds. The molecular formula is C12H25N3O. The number of amides is 1. The molecule has 2 N–H and O–H groups in total. The highest BCUT2D eigenvalue weighted by Crippen LogP contribution is 2.25. The van der Waals surface area contributed by atoms with Gasteiger partial charge in [0.05, 0.1) is 6.04 Å². The molecule has 0 aromatic heterocycles. The van der Waals surface area contributed by atoms with Crippen LogP contribution in [0.3, 0.4) is 0 Å². The minimum atomic E-state index is -0.261. The van der Waals surface area contributed by atoms with Gasteiger partial charge < -0.3 is 15.5 Å². The summed E-state index contributed by atoms with van der Waals surface area (Å²) in [4.78, 5) is 16.6. The maximum absolute atomic E-state index is 12.4. The van der Waals surface area contributed by atoms with Gasteiger partial charge in [0.25, 0.3) is 0 Å². The zero-order valence-electron chi connectivity index (χ0n) is 11.0. The Morgan fingerprint density at radius 3 is 2.56 bits per heavy atom. The largest absolute Gasteiger partial charge is 0.335 e. The lowest BCUT2D eigenvalue weighted by atomic mass is 9.87. The van der Waals surface area contributed by atoms with Crippen molar-refractivity contribution in [2.75, 3.05) is 33.2 Å². The van der Waals surface area contributed by atoms with Crippen molar-refractivity contribution in [3.8, 4) is 0 Å². The fourth-order valence-electron chi connectivity index (χ4n) is 2.02. The van der Waals surface area contributed by atoms with Crippen LogP contribution in [-0.2, 0) is 4.79 Å². The number of rotatable bonds is 3. The average Bonchev–Trinajstić information content (AvgIpc) is 2.27. The Kier molecular flexibility index (Phi) is 4.33. The Labute approximate surface area is 98.8 Å². The Bertz CT molecular complexity index is 253. The maximum Gasteiger partial charge on any atom is 0.228 e. The molecule has 1 atom stereocenters. The molecule has 0 saturated carbocycles. The quantitative estimate of drug-likeness (QED) is 0.765. The van der Waals surface area contributed by atoms with E-state index in [4.69, 9.17) is 5.73 Å². The van der Waals surface area contributed by atoms with E-state index in [1.54, 1.807) is 0 Å². The van der Waals surface area contributed by atoms with Gasteiger partial charge in [0.2, 0.25) is 5.91 Å². The molecule has 94 valence electrons. The smallest absolute Gasteiger partial charge is 0.228 e. The van der Waals surface area contributed by atoms with Crippen molar-refractivity contribution in [3.05, 3.63) is 0 Å². The average molecular weight is 227 g/mol. The summed E-state index contributed by atoms with van der Waals surface area (Å²) in [5, 5.41) is 0. The maximum atomic E-state index is 12.4. The van der Waals surface area contributed by atoms with Crippen molar-refractivity contribution < 1.29 is 4.79 Å². The van der Waals surface area contributed by atoms with E-state index in [1.807, 2.05) is 18.7 Å². The summed E-state index contributed by atoms with van der Waals surface area (Å²) in [5.41, 5.74) is 5.50. The molecule has 0 spiro atoms. The Balaban J connectivity index is 2.75. The van der Waals surface area contributed by atoms with E-state index in [0.29, 0.717) is 6.54 Å². The fraction of sp³-hybridized carbons (Fsp3) is 0.917. The molecule has 4 heteroatoms. The lowest BCUT2D eigenvalue weighted by Gasteiger charge is -2.42. The fourth-order valence-corrected chi connectivity index (χ4v) is 2.02. The molecule has 1 aliphatic rings. The van der Waals surface area contributed by atoms with Crippen LogP contribution < -0.4 is 5.73 Å². The van der Waals surface area contributed by atoms with Crippen LogP contribution in [-0.4, -0.2) is 55.0 Å². The number of nitrogens with two attached hydrogens (primary N) is 1. The Hall–Kier alpha value is -0.610. The summed E-state index contributed by atoms with van der Waals surface area (Å²) in [6, 6.07) is 0.178. The predicted octanol–water partition coefficient (Wildman–Crippen LogP) is 0.524. The molecule has 1 saturated heterocycles. The number of hydrogen-bond acceptors (Lipinski definition) is 3. The molecule has 0 bridgehead atoms. The van der Waals surface area contributed by atoms with Crippen LogP contribution >= 0.6 is 0 Å². The van der Waals surface area contributed by atoms with Gasteiger partial charge in [-0.15, -0.1) is 0 Å². The summed E-state index contributed by atoms with van der Waals surface area (Å²) >= 11 is 0. The predicted molar refractivity (Wildman–Crippen MR) is 66.1 cm³/mol. The Morgan fingerprint density at radius 2 is 2.06 bits per heavy atom. The first kappa shape index (κ1) is 13.5. The summed E-state index contributed by atoms with van der Waals surface area (Å²) in [6.45, 7) is 9.29. The van der Waals surface area contributed by atoms with Crippen LogP contribution in [0.1, 0.15) is 27.2 Å². The van der Waals surface area contributed by atoms with E-state index in [-0.39, 0.29) is 17.4 Å². The van der Waals surface area contributed by atoms with Crippen LogP contribution in [0.2, 0.25) is 0 Å². The van der Waals surface area contributed by atoms with E-state index in [1.165, 1.54) is 0 Å². The Morgan fingerprint density at radius 1 is 1.44 bits per heavy atom. The molecule has 1 fully saturated rings. The number of likely N-dealkylation sites (N-methyl/N-ethyl adjacent to an activating group) is 1. The van der Waals surface area contributed by atoms with Crippen LogP contribution in [0, 0.1) is 5.41 Å². The van der Waals surface area contributed by atoms with Crippen molar-refractivity contribution in [1.29, 1.82) is 0 Å². The van der Waals surface area contributed by atoms with E-state index >= 15 is 0 Å². The first-order valence-corrected chi connectivity index (χ1v) is 6.12. The van der Waals surface area contributed by atoms with E-state index < -0.39 is 0 Å². The molecule has 1 unspecified atom stereocenters. The van der Waals surface area contributed by atoms with Gasteiger partial charge in [-0.05, 0) is 13.5 Å².